The maximum atomic E-state index is 12.2. The Kier molecular flexibility index (Phi) is 8.30. The molecule has 1 aromatic rings. The van der Waals surface area contributed by atoms with Crippen LogP contribution in [-0.4, -0.2) is 40.8 Å². The highest BCUT2D eigenvalue weighted by atomic mass is 32.2. The fraction of sp³-hybridized carbons (Fsp3) is 0.467. The Hall–Kier alpha value is -1.14. The van der Waals surface area contributed by atoms with Crippen molar-refractivity contribution >= 4 is 36.3 Å². The van der Waals surface area contributed by atoms with Crippen LogP contribution in [0.1, 0.15) is 12.0 Å². The van der Waals surface area contributed by atoms with Crippen molar-refractivity contribution in [2.24, 2.45) is 5.92 Å². The Morgan fingerprint density at radius 2 is 2.00 bits per heavy atom. The van der Waals surface area contributed by atoms with E-state index in [9.17, 15) is 9.59 Å². The molecular formula is C15H21NO3S2. The monoisotopic (exact) mass is 327 g/mol. The van der Waals surface area contributed by atoms with E-state index in [4.69, 9.17) is 5.11 Å². The minimum atomic E-state index is -0.991. The van der Waals surface area contributed by atoms with E-state index in [1.165, 1.54) is 0 Å². The molecule has 21 heavy (non-hydrogen) atoms. The summed E-state index contributed by atoms with van der Waals surface area (Å²) in [5, 5.41) is 11.8. The zero-order chi connectivity index (χ0) is 15.7. The molecule has 116 valence electrons. The summed E-state index contributed by atoms with van der Waals surface area (Å²) in [5.41, 5.74) is 1.04. The van der Waals surface area contributed by atoms with Crippen molar-refractivity contribution in [2.75, 3.05) is 17.8 Å². The molecule has 6 heteroatoms. The summed E-state index contributed by atoms with van der Waals surface area (Å²) in [6.07, 6.45) is 2.89. The van der Waals surface area contributed by atoms with Gasteiger partial charge in [0, 0.05) is 5.75 Å². The SMILES string of the molecule is CSCCC(NC(=O)C(CS)Cc1ccccc1)C(=O)O. The summed E-state index contributed by atoms with van der Waals surface area (Å²) in [6.45, 7) is 0. The van der Waals surface area contributed by atoms with Crippen LogP contribution in [0.4, 0.5) is 0 Å². The van der Waals surface area contributed by atoms with Gasteiger partial charge in [0.05, 0.1) is 5.92 Å². The number of carboxylic acid groups (broad SMARTS) is 1. The lowest BCUT2D eigenvalue weighted by Gasteiger charge is -2.19. The number of carbonyl (C=O) groups excluding carboxylic acids is 1. The van der Waals surface area contributed by atoms with Gasteiger partial charge in [-0.05, 0) is 30.4 Å². The van der Waals surface area contributed by atoms with Crippen molar-refractivity contribution in [3.8, 4) is 0 Å². The highest BCUT2D eigenvalue weighted by molar-refractivity contribution is 7.98. The first-order valence-corrected chi connectivity index (χ1v) is 8.78. The zero-order valence-corrected chi connectivity index (χ0v) is 13.7. The third-order valence-electron chi connectivity index (χ3n) is 3.14. The molecule has 2 atom stereocenters. The van der Waals surface area contributed by atoms with Gasteiger partial charge in [-0.3, -0.25) is 4.79 Å². The lowest BCUT2D eigenvalue weighted by atomic mass is 9.99. The number of nitrogens with one attached hydrogen (secondary N) is 1. The Balaban J connectivity index is 2.62. The fourth-order valence-corrected chi connectivity index (χ4v) is 2.69. The molecule has 1 aromatic carbocycles. The van der Waals surface area contributed by atoms with Gasteiger partial charge >= 0.3 is 5.97 Å². The van der Waals surface area contributed by atoms with Crippen molar-refractivity contribution in [1.82, 2.24) is 5.32 Å². The van der Waals surface area contributed by atoms with E-state index < -0.39 is 12.0 Å². The van der Waals surface area contributed by atoms with Gasteiger partial charge in [0.15, 0.2) is 0 Å². The van der Waals surface area contributed by atoms with Crippen LogP contribution in [0.25, 0.3) is 0 Å². The number of thioether (sulfide) groups is 1. The third kappa shape index (κ3) is 6.44. The molecular weight excluding hydrogens is 306 g/mol. The van der Waals surface area contributed by atoms with E-state index in [-0.39, 0.29) is 11.8 Å². The molecule has 0 aliphatic heterocycles. The normalized spacial score (nSPS) is 13.4. The summed E-state index contributed by atoms with van der Waals surface area (Å²) in [4.78, 5) is 23.4. The lowest BCUT2D eigenvalue weighted by molar-refractivity contribution is -0.142. The number of carboxylic acids is 1. The van der Waals surface area contributed by atoms with E-state index in [2.05, 4.69) is 17.9 Å². The summed E-state index contributed by atoms with van der Waals surface area (Å²) in [5.74, 6) is -0.485. The summed E-state index contributed by atoms with van der Waals surface area (Å²) >= 11 is 5.78. The second-order valence-corrected chi connectivity index (χ2v) is 6.10. The van der Waals surface area contributed by atoms with Gasteiger partial charge in [-0.1, -0.05) is 30.3 Å². The second kappa shape index (κ2) is 9.73. The zero-order valence-electron chi connectivity index (χ0n) is 12.0. The van der Waals surface area contributed by atoms with Crippen LogP contribution in [0, 0.1) is 5.92 Å². The highest BCUT2D eigenvalue weighted by Gasteiger charge is 2.24. The van der Waals surface area contributed by atoms with E-state index in [1.807, 2.05) is 36.6 Å². The van der Waals surface area contributed by atoms with Gasteiger partial charge in [0.25, 0.3) is 0 Å². The van der Waals surface area contributed by atoms with Crippen molar-refractivity contribution in [2.45, 2.75) is 18.9 Å². The molecule has 0 aliphatic rings. The molecule has 1 amide bonds. The number of benzene rings is 1. The molecule has 0 saturated heterocycles. The first-order chi connectivity index (χ1) is 10.1. The third-order valence-corrected chi connectivity index (χ3v) is 4.23. The molecule has 2 unspecified atom stereocenters. The second-order valence-electron chi connectivity index (χ2n) is 4.75. The molecule has 1 rings (SSSR count). The number of carbonyl (C=O) groups is 2. The largest absolute Gasteiger partial charge is 0.480 e. The molecule has 0 saturated carbocycles. The molecule has 0 fully saturated rings. The molecule has 0 bridgehead atoms. The van der Waals surface area contributed by atoms with Gasteiger partial charge in [0.1, 0.15) is 6.04 Å². The smallest absolute Gasteiger partial charge is 0.326 e. The summed E-state index contributed by atoms with van der Waals surface area (Å²) in [6, 6.07) is 8.83. The maximum Gasteiger partial charge on any atom is 0.326 e. The lowest BCUT2D eigenvalue weighted by Crippen LogP contribution is -2.44. The van der Waals surface area contributed by atoms with Crippen LogP contribution in [0.3, 0.4) is 0 Å². The Bertz CT molecular complexity index is 453. The van der Waals surface area contributed by atoms with Crippen LogP contribution < -0.4 is 5.32 Å². The van der Waals surface area contributed by atoms with E-state index in [0.717, 1.165) is 5.56 Å². The fourth-order valence-electron chi connectivity index (χ4n) is 1.92. The molecule has 0 aliphatic carbocycles. The van der Waals surface area contributed by atoms with Gasteiger partial charge in [-0.25, -0.2) is 4.79 Å². The number of hydrogen-bond donors (Lipinski definition) is 3. The quantitative estimate of drug-likeness (QED) is 0.608. The molecule has 0 radical (unpaired) electrons. The predicted octanol–water partition coefficient (Wildman–Crippen LogP) is 2.10. The highest BCUT2D eigenvalue weighted by Crippen LogP contribution is 2.11. The average molecular weight is 327 g/mol. The van der Waals surface area contributed by atoms with Crippen molar-refractivity contribution < 1.29 is 14.7 Å². The van der Waals surface area contributed by atoms with Gasteiger partial charge in [-0.2, -0.15) is 24.4 Å². The van der Waals surface area contributed by atoms with Gasteiger partial charge in [0.2, 0.25) is 5.91 Å². The number of rotatable bonds is 9. The molecule has 2 N–H and O–H groups in total. The minimum Gasteiger partial charge on any atom is -0.480 e. The number of hydrogen-bond acceptors (Lipinski definition) is 4. The first-order valence-electron chi connectivity index (χ1n) is 6.75. The molecule has 0 aromatic heterocycles. The standard InChI is InChI=1S/C15H21NO3S2/c1-21-8-7-13(15(18)19)16-14(17)12(10-20)9-11-5-3-2-4-6-11/h2-6,12-13,20H,7-10H2,1H3,(H,16,17)(H,18,19). The minimum absolute atomic E-state index is 0.248. The van der Waals surface area contributed by atoms with Crippen LogP contribution in [0.5, 0.6) is 0 Å². The van der Waals surface area contributed by atoms with Crippen LogP contribution in [0.15, 0.2) is 30.3 Å². The van der Waals surface area contributed by atoms with Crippen molar-refractivity contribution in [3.05, 3.63) is 35.9 Å². The van der Waals surface area contributed by atoms with Crippen molar-refractivity contribution in [3.63, 3.8) is 0 Å². The van der Waals surface area contributed by atoms with Crippen LogP contribution in [0.2, 0.25) is 0 Å². The van der Waals surface area contributed by atoms with Crippen LogP contribution in [-0.2, 0) is 16.0 Å². The predicted molar refractivity (Wildman–Crippen MR) is 90.1 cm³/mol. The topological polar surface area (TPSA) is 66.4 Å². The Labute approximate surface area is 135 Å². The Morgan fingerprint density at radius 3 is 2.52 bits per heavy atom. The van der Waals surface area contributed by atoms with Gasteiger partial charge < -0.3 is 10.4 Å². The Morgan fingerprint density at radius 1 is 1.33 bits per heavy atom. The van der Waals surface area contributed by atoms with E-state index in [1.54, 1.807) is 11.8 Å². The maximum absolute atomic E-state index is 12.2. The summed E-state index contributed by atoms with van der Waals surface area (Å²) in [7, 11) is 0. The van der Waals surface area contributed by atoms with Gasteiger partial charge in [-0.15, -0.1) is 0 Å². The molecule has 0 heterocycles. The van der Waals surface area contributed by atoms with E-state index >= 15 is 0 Å². The number of thiol groups is 1. The average Bonchev–Trinajstić information content (AvgIpc) is 2.49. The number of aliphatic carboxylic acids is 1. The first kappa shape index (κ1) is 17.9. The molecule has 4 nitrogen and oxygen atoms in total. The number of amides is 1. The van der Waals surface area contributed by atoms with Crippen molar-refractivity contribution in [1.29, 1.82) is 0 Å². The summed E-state index contributed by atoms with van der Waals surface area (Å²) < 4.78 is 0. The van der Waals surface area contributed by atoms with E-state index in [0.29, 0.717) is 24.3 Å². The molecule has 0 spiro atoms. The van der Waals surface area contributed by atoms with Crippen LogP contribution >= 0.6 is 24.4 Å².